The maximum absolute atomic E-state index is 11.7. The summed E-state index contributed by atoms with van der Waals surface area (Å²) in [6.45, 7) is 0.505. The van der Waals surface area contributed by atoms with E-state index in [9.17, 15) is 9.90 Å². The van der Waals surface area contributed by atoms with Crippen LogP contribution in [0, 0.1) is 0 Å². The highest BCUT2D eigenvalue weighted by atomic mass is 79.9. The summed E-state index contributed by atoms with van der Waals surface area (Å²) in [6.07, 6.45) is 0. The molecule has 0 unspecified atom stereocenters. The normalized spacial score (nSPS) is 10.2. The number of methoxy groups -OCH3 is 1. The smallest absolute Gasteiger partial charge is 0.339 e. The molecule has 0 amide bonds. The fraction of sp³-hybridized carbons (Fsp3) is 0.133. The Morgan fingerprint density at radius 3 is 2.48 bits per heavy atom. The fourth-order valence-corrected chi connectivity index (χ4v) is 3.12. The van der Waals surface area contributed by atoms with Crippen LogP contribution < -0.4 is 5.32 Å². The number of phenols is 1. The van der Waals surface area contributed by atoms with Crippen LogP contribution in [0.5, 0.6) is 5.75 Å². The number of halogens is 2. The summed E-state index contributed by atoms with van der Waals surface area (Å²) in [5.41, 5.74) is 2.13. The molecule has 0 aliphatic heterocycles. The second-order valence-electron chi connectivity index (χ2n) is 4.30. The third-order valence-corrected chi connectivity index (χ3v) is 4.10. The van der Waals surface area contributed by atoms with Gasteiger partial charge in [0.25, 0.3) is 0 Å². The van der Waals surface area contributed by atoms with Crippen molar-refractivity contribution >= 4 is 43.5 Å². The molecule has 0 saturated carbocycles. The molecule has 0 heterocycles. The van der Waals surface area contributed by atoms with E-state index in [2.05, 4.69) is 37.2 Å². The number of hydrogen-bond acceptors (Lipinski definition) is 4. The Hall–Kier alpha value is -1.53. The second kappa shape index (κ2) is 6.95. The first-order valence-electron chi connectivity index (χ1n) is 6.11. The molecule has 110 valence electrons. The summed E-state index contributed by atoms with van der Waals surface area (Å²) in [5.74, 6) is -0.222. The number of para-hydroxylation sites is 1. The van der Waals surface area contributed by atoms with Crippen LogP contribution in [0.3, 0.4) is 0 Å². The number of aromatic hydroxyl groups is 1. The summed E-state index contributed by atoms with van der Waals surface area (Å²) in [4.78, 5) is 11.7. The SMILES string of the molecule is COC(=O)c1ccccc1NCc1cc(Br)c(O)c(Br)c1. The van der Waals surface area contributed by atoms with Crippen molar-refractivity contribution in [1.29, 1.82) is 0 Å². The molecule has 0 aromatic heterocycles. The van der Waals surface area contributed by atoms with Gasteiger partial charge >= 0.3 is 5.97 Å². The summed E-state index contributed by atoms with van der Waals surface area (Å²) >= 11 is 6.58. The first-order chi connectivity index (χ1) is 10.0. The van der Waals surface area contributed by atoms with E-state index >= 15 is 0 Å². The van der Waals surface area contributed by atoms with Gasteiger partial charge in [0.1, 0.15) is 5.75 Å². The summed E-state index contributed by atoms with van der Waals surface area (Å²) in [5, 5.41) is 12.9. The number of hydrogen-bond donors (Lipinski definition) is 2. The predicted octanol–water partition coefficient (Wildman–Crippen LogP) is 4.32. The lowest BCUT2D eigenvalue weighted by Gasteiger charge is -2.12. The number of nitrogens with one attached hydrogen (secondary N) is 1. The van der Waals surface area contributed by atoms with Crippen molar-refractivity contribution in [2.24, 2.45) is 0 Å². The van der Waals surface area contributed by atoms with E-state index in [1.807, 2.05) is 24.3 Å². The topological polar surface area (TPSA) is 58.6 Å². The van der Waals surface area contributed by atoms with Crippen LogP contribution in [0.4, 0.5) is 5.69 Å². The van der Waals surface area contributed by atoms with Crippen molar-refractivity contribution in [2.45, 2.75) is 6.54 Å². The highest BCUT2D eigenvalue weighted by molar-refractivity contribution is 9.11. The number of anilines is 1. The number of carbonyl (C=O) groups is 1. The van der Waals surface area contributed by atoms with Gasteiger partial charge in [-0.2, -0.15) is 0 Å². The van der Waals surface area contributed by atoms with Gasteiger partial charge in [-0.15, -0.1) is 0 Å². The number of esters is 1. The monoisotopic (exact) mass is 413 g/mol. The Labute approximate surface area is 139 Å². The molecule has 0 spiro atoms. The Kier molecular flexibility index (Phi) is 5.25. The van der Waals surface area contributed by atoms with E-state index in [1.54, 1.807) is 12.1 Å². The van der Waals surface area contributed by atoms with Crippen LogP contribution in [0.15, 0.2) is 45.3 Å². The van der Waals surface area contributed by atoms with E-state index in [0.29, 0.717) is 26.7 Å². The molecule has 2 aromatic rings. The Bertz CT molecular complexity index is 651. The summed E-state index contributed by atoms with van der Waals surface area (Å²) in [6, 6.07) is 10.8. The van der Waals surface area contributed by atoms with Crippen LogP contribution in [0.2, 0.25) is 0 Å². The van der Waals surface area contributed by atoms with Gasteiger partial charge in [-0.25, -0.2) is 4.79 Å². The molecule has 0 fully saturated rings. The molecule has 0 aliphatic carbocycles. The average molecular weight is 415 g/mol. The van der Waals surface area contributed by atoms with Gasteiger partial charge in [-0.05, 0) is 61.7 Å². The lowest BCUT2D eigenvalue weighted by molar-refractivity contribution is 0.0602. The van der Waals surface area contributed by atoms with Crippen molar-refractivity contribution in [2.75, 3.05) is 12.4 Å². The van der Waals surface area contributed by atoms with Crippen molar-refractivity contribution in [1.82, 2.24) is 0 Å². The van der Waals surface area contributed by atoms with Crippen LogP contribution in [-0.4, -0.2) is 18.2 Å². The molecule has 2 aromatic carbocycles. The third-order valence-electron chi connectivity index (χ3n) is 2.89. The lowest BCUT2D eigenvalue weighted by atomic mass is 10.1. The zero-order valence-corrected chi connectivity index (χ0v) is 14.4. The van der Waals surface area contributed by atoms with Gasteiger partial charge in [0.15, 0.2) is 0 Å². The van der Waals surface area contributed by atoms with Gasteiger partial charge in [-0.1, -0.05) is 12.1 Å². The zero-order chi connectivity index (χ0) is 15.4. The molecular formula is C15H13Br2NO3. The van der Waals surface area contributed by atoms with Gasteiger partial charge in [-0.3, -0.25) is 0 Å². The predicted molar refractivity (Wildman–Crippen MR) is 88.6 cm³/mol. The van der Waals surface area contributed by atoms with E-state index in [0.717, 1.165) is 5.56 Å². The molecule has 21 heavy (non-hydrogen) atoms. The minimum atomic E-state index is -0.383. The number of benzene rings is 2. The number of phenolic OH excluding ortho intramolecular Hbond substituents is 1. The molecular weight excluding hydrogens is 402 g/mol. The Morgan fingerprint density at radius 2 is 1.86 bits per heavy atom. The van der Waals surface area contributed by atoms with Crippen molar-refractivity contribution in [3.8, 4) is 5.75 Å². The average Bonchev–Trinajstić information content (AvgIpc) is 2.50. The van der Waals surface area contributed by atoms with Crippen molar-refractivity contribution < 1.29 is 14.6 Å². The fourth-order valence-electron chi connectivity index (χ4n) is 1.84. The molecule has 0 radical (unpaired) electrons. The molecule has 2 rings (SSSR count). The maximum Gasteiger partial charge on any atom is 0.339 e. The van der Waals surface area contributed by atoms with Gasteiger partial charge < -0.3 is 15.2 Å². The molecule has 0 aliphatic rings. The molecule has 0 saturated heterocycles. The van der Waals surface area contributed by atoms with Crippen LogP contribution >= 0.6 is 31.9 Å². The van der Waals surface area contributed by atoms with E-state index < -0.39 is 0 Å². The van der Waals surface area contributed by atoms with Crippen molar-refractivity contribution in [3.63, 3.8) is 0 Å². The first-order valence-corrected chi connectivity index (χ1v) is 7.69. The van der Waals surface area contributed by atoms with Crippen LogP contribution in [0.1, 0.15) is 15.9 Å². The van der Waals surface area contributed by atoms with Crippen LogP contribution in [0.25, 0.3) is 0 Å². The molecule has 0 bridgehead atoms. The largest absolute Gasteiger partial charge is 0.506 e. The molecule has 6 heteroatoms. The van der Waals surface area contributed by atoms with Gasteiger partial charge in [0.2, 0.25) is 0 Å². The van der Waals surface area contributed by atoms with Crippen molar-refractivity contribution in [3.05, 3.63) is 56.5 Å². The third kappa shape index (κ3) is 3.77. The zero-order valence-electron chi connectivity index (χ0n) is 11.2. The highest BCUT2D eigenvalue weighted by Crippen LogP contribution is 2.33. The summed E-state index contributed by atoms with van der Waals surface area (Å²) < 4.78 is 5.97. The number of rotatable bonds is 4. The van der Waals surface area contributed by atoms with Gasteiger partial charge in [0, 0.05) is 12.2 Å². The van der Waals surface area contributed by atoms with E-state index in [-0.39, 0.29) is 11.7 Å². The molecule has 2 N–H and O–H groups in total. The number of ether oxygens (including phenoxy) is 1. The summed E-state index contributed by atoms with van der Waals surface area (Å²) in [7, 11) is 1.35. The lowest BCUT2D eigenvalue weighted by Crippen LogP contribution is -2.08. The number of carbonyl (C=O) groups excluding carboxylic acids is 1. The highest BCUT2D eigenvalue weighted by Gasteiger charge is 2.11. The van der Waals surface area contributed by atoms with Crippen LogP contribution in [-0.2, 0) is 11.3 Å². The maximum atomic E-state index is 11.7. The van der Waals surface area contributed by atoms with E-state index in [1.165, 1.54) is 7.11 Å². The second-order valence-corrected chi connectivity index (χ2v) is 6.01. The van der Waals surface area contributed by atoms with E-state index in [4.69, 9.17) is 4.74 Å². The standard InChI is InChI=1S/C15H13Br2NO3/c1-21-15(20)10-4-2-3-5-13(10)18-8-9-6-11(16)14(19)12(17)7-9/h2-7,18-19H,8H2,1H3. The quantitative estimate of drug-likeness (QED) is 0.731. The first kappa shape index (κ1) is 15.9. The minimum Gasteiger partial charge on any atom is -0.506 e. The van der Waals surface area contributed by atoms with Gasteiger partial charge in [0.05, 0.1) is 21.6 Å². The Morgan fingerprint density at radius 1 is 1.24 bits per heavy atom. The Balaban J connectivity index is 2.19. The minimum absolute atomic E-state index is 0.161. The molecule has 0 atom stereocenters. The molecule has 4 nitrogen and oxygen atoms in total.